The Labute approximate surface area is 113 Å². The highest BCUT2D eigenvalue weighted by Gasteiger charge is 2.25. The van der Waals surface area contributed by atoms with Crippen molar-refractivity contribution in [2.24, 2.45) is 5.73 Å². The van der Waals surface area contributed by atoms with E-state index in [2.05, 4.69) is 20.8 Å². The predicted molar refractivity (Wildman–Crippen MR) is 67.0 cm³/mol. The van der Waals surface area contributed by atoms with Gasteiger partial charge >= 0.3 is 0 Å². The molecule has 0 spiro atoms. The molecule has 0 atom stereocenters. The maximum Gasteiger partial charge on any atom is 0.257 e. The van der Waals surface area contributed by atoms with Gasteiger partial charge in [-0.25, -0.2) is 13.4 Å². The standard InChI is InChI=1S/C9H14BrN3O4S/c10-9-8(5-7(6-11)17-9)18(14,15)12-13-1-3-16-4-2-13/h5,12H,1-4,6,11H2. The molecule has 1 aromatic rings. The first kappa shape index (κ1) is 14.0. The van der Waals surface area contributed by atoms with Crippen LogP contribution in [0.1, 0.15) is 5.76 Å². The summed E-state index contributed by atoms with van der Waals surface area (Å²) in [6, 6.07) is 1.41. The van der Waals surface area contributed by atoms with Gasteiger partial charge in [-0.1, -0.05) is 0 Å². The van der Waals surface area contributed by atoms with Crippen molar-refractivity contribution in [2.75, 3.05) is 26.3 Å². The molecule has 1 saturated heterocycles. The van der Waals surface area contributed by atoms with Crippen molar-refractivity contribution in [3.8, 4) is 0 Å². The molecule has 9 heteroatoms. The van der Waals surface area contributed by atoms with E-state index in [-0.39, 0.29) is 16.1 Å². The molecule has 2 rings (SSSR count). The molecule has 0 saturated carbocycles. The largest absolute Gasteiger partial charge is 0.452 e. The third-order valence-electron chi connectivity index (χ3n) is 2.46. The number of morpholine rings is 1. The molecule has 1 aromatic heterocycles. The van der Waals surface area contributed by atoms with Crippen LogP contribution in [0.2, 0.25) is 0 Å². The zero-order chi connectivity index (χ0) is 13.2. The number of nitrogens with two attached hydrogens (primary N) is 1. The molecular formula is C9H14BrN3O4S. The number of hydrogen-bond acceptors (Lipinski definition) is 6. The van der Waals surface area contributed by atoms with Gasteiger partial charge in [0.1, 0.15) is 10.7 Å². The SMILES string of the molecule is NCc1cc(S(=O)(=O)NN2CCOCC2)c(Br)o1. The van der Waals surface area contributed by atoms with Crippen LogP contribution in [0.3, 0.4) is 0 Å². The number of hydrogen-bond donors (Lipinski definition) is 2. The highest BCUT2D eigenvalue weighted by molar-refractivity contribution is 9.10. The summed E-state index contributed by atoms with van der Waals surface area (Å²) in [7, 11) is -3.66. The van der Waals surface area contributed by atoms with Gasteiger partial charge in [0.25, 0.3) is 10.0 Å². The molecule has 1 aliphatic rings. The first-order valence-corrected chi connectivity index (χ1v) is 7.64. The summed E-state index contributed by atoms with van der Waals surface area (Å²) in [5.74, 6) is 0.407. The predicted octanol–water partition coefficient (Wildman–Crippen LogP) is 0.0263. The molecule has 3 N–H and O–H groups in total. The average molecular weight is 340 g/mol. The number of nitrogens with zero attached hydrogens (tertiary/aromatic N) is 1. The second kappa shape index (κ2) is 5.68. The minimum atomic E-state index is -3.66. The zero-order valence-electron chi connectivity index (χ0n) is 9.56. The van der Waals surface area contributed by atoms with Crippen molar-refractivity contribution >= 4 is 26.0 Å². The Balaban J connectivity index is 2.16. The Bertz CT molecular complexity index is 510. The fourth-order valence-electron chi connectivity index (χ4n) is 1.56. The van der Waals surface area contributed by atoms with Crippen LogP contribution in [0, 0.1) is 0 Å². The summed E-state index contributed by atoms with van der Waals surface area (Å²) in [5, 5.41) is 1.60. The lowest BCUT2D eigenvalue weighted by molar-refractivity contribution is 0.0272. The van der Waals surface area contributed by atoms with Crippen LogP contribution < -0.4 is 10.6 Å². The minimum absolute atomic E-state index is 0.0504. The Morgan fingerprint density at radius 2 is 2.11 bits per heavy atom. The van der Waals surface area contributed by atoms with E-state index >= 15 is 0 Å². The highest BCUT2D eigenvalue weighted by atomic mass is 79.9. The maximum atomic E-state index is 12.1. The Hall–Kier alpha value is -0.450. The first-order valence-electron chi connectivity index (χ1n) is 5.36. The number of rotatable bonds is 4. The van der Waals surface area contributed by atoms with Crippen LogP contribution in [-0.2, 0) is 21.3 Å². The number of nitrogens with one attached hydrogen (secondary N) is 1. The lowest BCUT2D eigenvalue weighted by Crippen LogP contribution is -2.48. The van der Waals surface area contributed by atoms with Crippen LogP contribution in [0.5, 0.6) is 0 Å². The van der Waals surface area contributed by atoms with Crippen LogP contribution in [0.25, 0.3) is 0 Å². The van der Waals surface area contributed by atoms with Crippen LogP contribution in [0.4, 0.5) is 0 Å². The number of sulfonamides is 1. The summed E-state index contributed by atoms with van der Waals surface area (Å²) >= 11 is 3.07. The van der Waals surface area contributed by atoms with Gasteiger partial charge in [0, 0.05) is 19.2 Å². The second-order valence-corrected chi connectivity index (χ2v) is 6.10. The van der Waals surface area contributed by atoms with Gasteiger partial charge in [0.05, 0.1) is 19.8 Å². The number of ether oxygens (including phenoxy) is 1. The minimum Gasteiger partial charge on any atom is -0.452 e. The van der Waals surface area contributed by atoms with Gasteiger partial charge in [-0.05, 0) is 15.9 Å². The zero-order valence-corrected chi connectivity index (χ0v) is 12.0. The van der Waals surface area contributed by atoms with E-state index < -0.39 is 10.0 Å². The van der Waals surface area contributed by atoms with Crippen LogP contribution in [0.15, 0.2) is 20.0 Å². The molecule has 0 bridgehead atoms. The molecule has 0 amide bonds. The first-order chi connectivity index (χ1) is 8.53. The molecule has 102 valence electrons. The molecule has 0 aromatic carbocycles. The topological polar surface area (TPSA) is 97.8 Å². The van der Waals surface area contributed by atoms with Crippen molar-refractivity contribution in [3.05, 3.63) is 16.5 Å². The Morgan fingerprint density at radius 1 is 1.44 bits per heavy atom. The van der Waals surface area contributed by atoms with E-state index in [0.717, 1.165) is 0 Å². The number of halogens is 1. The average Bonchev–Trinajstić information content (AvgIpc) is 2.72. The molecule has 1 fully saturated rings. The molecule has 0 aliphatic carbocycles. The lowest BCUT2D eigenvalue weighted by Gasteiger charge is -2.26. The highest BCUT2D eigenvalue weighted by Crippen LogP contribution is 2.25. The van der Waals surface area contributed by atoms with E-state index in [0.29, 0.717) is 32.1 Å². The smallest absolute Gasteiger partial charge is 0.257 e. The van der Waals surface area contributed by atoms with Crippen molar-refractivity contribution in [3.63, 3.8) is 0 Å². The summed E-state index contributed by atoms with van der Waals surface area (Å²) in [5.41, 5.74) is 5.40. The fraction of sp³-hybridized carbons (Fsp3) is 0.556. The fourth-order valence-corrected chi connectivity index (χ4v) is 3.68. The van der Waals surface area contributed by atoms with Crippen LogP contribution >= 0.6 is 15.9 Å². The molecule has 0 unspecified atom stereocenters. The van der Waals surface area contributed by atoms with Crippen molar-refractivity contribution in [2.45, 2.75) is 11.4 Å². The molecule has 1 aliphatic heterocycles. The number of furan rings is 1. The van der Waals surface area contributed by atoms with Crippen molar-refractivity contribution in [1.82, 2.24) is 9.84 Å². The van der Waals surface area contributed by atoms with Gasteiger partial charge < -0.3 is 14.9 Å². The Morgan fingerprint density at radius 3 is 2.67 bits per heavy atom. The van der Waals surface area contributed by atoms with E-state index in [4.69, 9.17) is 14.9 Å². The molecule has 18 heavy (non-hydrogen) atoms. The summed E-state index contributed by atoms with van der Waals surface area (Å²) in [4.78, 5) is 2.53. The molecule has 7 nitrogen and oxygen atoms in total. The summed E-state index contributed by atoms with van der Waals surface area (Å²) in [6.07, 6.45) is 0. The molecule has 0 radical (unpaired) electrons. The van der Waals surface area contributed by atoms with Gasteiger partial charge in [0.15, 0.2) is 4.67 Å². The van der Waals surface area contributed by atoms with E-state index in [9.17, 15) is 8.42 Å². The van der Waals surface area contributed by atoms with Gasteiger partial charge in [-0.2, -0.15) is 0 Å². The lowest BCUT2D eigenvalue weighted by atomic mass is 10.5. The van der Waals surface area contributed by atoms with Gasteiger partial charge in [0.2, 0.25) is 0 Å². The van der Waals surface area contributed by atoms with Crippen LogP contribution in [-0.4, -0.2) is 39.7 Å². The number of hydrazine groups is 1. The normalized spacial score (nSPS) is 18.1. The monoisotopic (exact) mass is 339 g/mol. The van der Waals surface area contributed by atoms with E-state index in [1.165, 1.54) is 6.07 Å². The maximum absolute atomic E-state index is 12.1. The van der Waals surface area contributed by atoms with E-state index in [1.54, 1.807) is 5.01 Å². The summed E-state index contributed by atoms with van der Waals surface area (Å²) < 4.78 is 34.7. The van der Waals surface area contributed by atoms with Gasteiger partial charge in [-0.15, -0.1) is 4.83 Å². The van der Waals surface area contributed by atoms with Crippen molar-refractivity contribution in [1.29, 1.82) is 0 Å². The quantitative estimate of drug-likeness (QED) is 0.802. The van der Waals surface area contributed by atoms with E-state index in [1.807, 2.05) is 0 Å². The molecular weight excluding hydrogens is 326 g/mol. The Kier molecular flexibility index (Phi) is 4.41. The van der Waals surface area contributed by atoms with Gasteiger partial charge in [-0.3, -0.25) is 0 Å². The summed E-state index contributed by atoms with van der Waals surface area (Å²) in [6.45, 7) is 2.18. The third-order valence-corrected chi connectivity index (χ3v) is 4.69. The molecule has 2 heterocycles. The second-order valence-electron chi connectivity index (χ2n) is 3.75. The third kappa shape index (κ3) is 3.11. The van der Waals surface area contributed by atoms with Crippen molar-refractivity contribution < 1.29 is 17.6 Å².